The summed E-state index contributed by atoms with van der Waals surface area (Å²) in [5.41, 5.74) is 4.39. The third kappa shape index (κ3) is 5.21. The molecule has 0 aliphatic carbocycles. The van der Waals surface area contributed by atoms with Gasteiger partial charge in [-0.05, 0) is 48.0 Å². The van der Waals surface area contributed by atoms with E-state index in [1.807, 2.05) is 49.5 Å². The lowest BCUT2D eigenvalue weighted by molar-refractivity contribution is -0.116. The molecule has 144 valence electrons. The molecule has 0 spiro atoms. The van der Waals surface area contributed by atoms with Crippen LogP contribution in [0.25, 0.3) is 11.1 Å². The van der Waals surface area contributed by atoms with Gasteiger partial charge in [-0.2, -0.15) is 0 Å². The molecule has 3 aromatic rings. The van der Waals surface area contributed by atoms with E-state index in [0.717, 1.165) is 23.5 Å². The molecular formula is C24H26N2O2. The van der Waals surface area contributed by atoms with Gasteiger partial charge in [0.25, 0.3) is 0 Å². The minimum absolute atomic E-state index is 0.0300. The maximum atomic E-state index is 11.8. The van der Waals surface area contributed by atoms with Crippen LogP contribution in [0.5, 0.6) is 5.75 Å². The number of nitrogens with zero attached hydrogens (tertiary/aromatic N) is 1. The van der Waals surface area contributed by atoms with Gasteiger partial charge in [0.15, 0.2) is 0 Å². The number of amides is 1. The Kier molecular flexibility index (Phi) is 6.82. The van der Waals surface area contributed by atoms with Gasteiger partial charge in [0, 0.05) is 25.7 Å². The van der Waals surface area contributed by atoms with E-state index in [-0.39, 0.29) is 5.91 Å². The fraction of sp³-hybridized carbons (Fsp3) is 0.208. The second-order valence-corrected chi connectivity index (χ2v) is 6.62. The average molecular weight is 374 g/mol. The van der Waals surface area contributed by atoms with Crippen LogP contribution in [-0.2, 0) is 11.4 Å². The van der Waals surface area contributed by atoms with Gasteiger partial charge in [0.2, 0.25) is 5.91 Å². The predicted octanol–water partition coefficient (Wildman–Crippen LogP) is 4.50. The largest absolute Gasteiger partial charge is 0.489 e. The zero-order valence-corrected chi connectivity index (χ0v) is 16.4. The Morgan fingerprint density at radius 2 is 1.54 bits per heavy atom. The van der Waals surface area contributed by atoms with Crippen molar-refractivity contribution >= 4 is 11.6 Å². The number of hydrogen-bond donors (Lipinski definition) is 1. The van der Waals surface area contributed by atoms with Crippen LogP contribution < -0.4 is 15.0 Å². The number of likely N-dealkylation sites (N-methyl/N-ethyl adjacent to an activating group) is 1. The first kappa shape index (κ1) is 19.6. The summed E-state index contributed by atoms with van der Waals surface area (Å²) in [4.78, 5) is 13.6. The molecule has 0 bridgehead atoms. The van der Waals surface area contributed by atoms with Crippen LogP contribution in [0, 0.1) is 0 Å². The molecule has 3 aromatic carbocycles. The molecule has 0 aliphatic rings. The maximum Gasteiger partial charge on any atom is 0.223 e. The van der Waals surface area contributed by atoms with Crippen molar-refractivity contribution < 1.29 is 9.53 Å². The van der Waals surface area contributed by atoms with Crippen molar-refractivity contribution in [2.75, 3.05) is 25.0 Å². The van der Waals surface area contributed by atoms with Crippen molar-refractivity contribution in [2.24, 2.45) is 0 Å². The first-order valence-electron chi connectivity index (χ1n) is 9.47. The van der Waals surface area contributed by atoms with E-state index in [1.165, 1.54) is 11.1 Å². The van der Waals surface area contributed by atoms with Crippen LogP contribution in [0.3, 0.4) is 0 Å². The number of benzene rings is 3. The molecule has 0 unspecified atom stereocenters. The van der Waals surface area contributed by atoms with E-state index in [1.54, 1.807) is 11.8 Å². The second kappa shape index (κ2) is 9.72. The molecule has 28 heavy (non-hydrogen) atoms. The van der Waals surface area contributed by atoms with Gasteiger partial charge in [-0.3, -0.25) is 4.79 Å². The molecule has 4 nitrogen and oxygen atoms in total. The highest BCUT2D eigenvalue weighted by Gasteiger charge is 2.10. The minimum Gasteiger partial charge on any atom is -0.489 e. The third-order valence-corrected chi connectivity index (χ3v) is 4.58. The Bertz CT molecular complexity index is 875. The zero-order valence-electron chi connectivity index (χ0n) is 16.4. The van der Waals surface area contributed by atoms with Crippen LogP contribution in [0.1, 0.15) is 12.5 Å². The fourth-order valence-electron chi connectivity index (χ4n) is 3.00. The monoisotopic (exact) mass is 374 g/mol. The number of ether oxygens (including phenoxy) is 1. The molecular weight excluding hydrogens is 348 g/mol. The number of carbonyl (C=O) groups is 1. The van der Waals surface area contributed by atoms with Crippen molar-refractivity contribution in [3.8, 4) is 16.9 Å². The van der Waals surface area contributed by atoms with Crippen LogP contribution in [-0.4, -0.2) is 26.0 Å². The van der Waals surface area contributed by atoms with E-state index in [0.29, 0.717) is 13.2 Å². The Morgan fingerprint density at radius 1 is 0.893 bits per heavy atom. The Labute approximate surface area is 166 Å². The number of anilines is 1. The van der Waals surface area contributed by atoms with Crippen LogP contribution in [0.2, 0.25) is 0 Å². The van der Waals surface area contributed by atoms with Crippen molar-refractivity contribution in [2.45, 2.75) is 13.5 Å². The molecule has 1 amide bonds. The van der Waals surface area contributed by atoms with E-state index in [9.17, 15) is 4.79 Å². The van der Waals surface area contributed by atoms with E-state index < -0.39 is 0 Å². The molecule has 0 saturated carbocycles. The smallest absolute Gasteiger partial charge is 0.223 e. The van der Waals surface area contributed by atoms with Gasteiger partial charge in [-0.15, -0.1) is 0 Å². The van der Waals surface area contributed by atoms with E-state index in [2.05, 4.69) is 41.7 Å². The molecule has 3 rings (SSSR count). The van der Waals surface area contributed by atoms with Gasteiger partial charge in [0.1, 0.15) is 12.4 Å². The molecule has 0 heterocycles. The van der Waals surface area contributed by atoms with Crippen molar-refractivity contribution in [3.05, 3.63) is 84.4 Å². The van der Waals surface area contributed by atoms with Gasteiger partial charge in [0.05, 0.1) is 0 Å². The Balaban J connectivity index is 1.59. The van der Waals surface area contributed by atoms with Gasteiger partial charge < -0.3 is 15.0 Å². The molecule has 1 N–H and O–H groups in total. The molecule has 0 saturated heterocycles. The SMILES string of the molecule is CNCCN(C(C)=O)c1ccc(OCc2ccc(-c3ccccc3)cc2)cc1. The Hall–Kier alpha value is -3.11. The van der Waals surface area contributed by atoms with Gasteiger partial charge in [-0.25, -0.2) is 0 Å². The summed E-state index contributed by atoms with van der Waals surface area (Å²) in [6.45, 7) is 3.47. The quantitative estimate of drug-likeness (QED) is 0.631. The third-order valence-electron chi connectivity index (χ3n) is 4.58. The summed E-state index contributed by atoms with van der Waals surface area (Å²) < 4.78 is 5.90. The molecule has 0 radical (unpaired) electrons. The topological polar surface area (TPSA) is 41.6 Å². The number of carbonyl (C=O) groups excluding carboxylic acids is 1. The maximum absolute atomic E-state index is 11.8. The first-order chi connectivity index (χ1) is 13.7. The standard InChI is InChI=1S/C24H26N2O2/c1-19(27)26(17-16-25-2)23-12-14-24(15-13-23)28-18-20-8-10-22(11-9-20)21-6-4-3-5-7-21/h3-15,25H,16-18H2,1-2H3. The van der Waals surface area contributed by atoms with Crippen molar-refractivity contribution in [3.63, 3.8) is 0 Å². The zero-order chi connectivity index (χ0) is 19.8. The lowest BCUT2D eigenvalue weighted by Crippen LogP contribution is -2.34. The van der Waals surface area contributed by atoms with Crippen LogP contribution in [0.15, 0.2) is 78.9 Å². The second-order valence-electron chi connectivity index (χ2n) is 6.62. The Morgan fingerprint density at radius 3 is 2.14 bits per heavy atom. The molecule has 0 atom stereocenters. The number of nitrogens with one attached hydrogen (secondary N) is 1. The summed E-state index contributed by atoms with van der Waals surface area (Å²) in [5, 5.41) is 3.07. The number of hydrogen-bond acceptors (Lipinski definition) is 3. The summed E-state index contributed by atoms with van der Waals surface area (Å²) in [6, 6.07) is 26.4. The summed E-state index contributed by atoms with van der Waals surface area (Å²) in [5.74, 6) is 0.815. The van der Waals surface area contributed by atoms with Gasteiger partial charge >= 0.3 is 0 Å². The average Bonchev–Trinajstić information content (AvgIpc) is 2.74. The normalized spacial score (nSPS) is 10.5. The molecule has 0 aromatic heterocycles. The van der Waals surface area contributed by atoms with Gasteiger partial charge in [-0.1, -0.05) is 54.6 Å². The van der Waals surface area contributed by atoms with E-state index >= 15 is 0 Å². The molecule has 4 heteroatoms. The highest BCUT2D eigenvalue weighted by Crippen LogP contribution is 2.22. The number of rotatable bonds is 8. The molecule has 0 fully saturated rings. The molecule has 0 aliphatic heterocycles. The van der Waals surface area contributed by atoms with Crippen molar-refractivity contribution in [1.82, 2.24) is 5.32 Å². The first-order valence-corrected chi connectivity index (χ1v) is 9.47. The highest BCUT2D eigenvalue weighted by molar-refractivity contribution is 5.91. The lowest BCUT2D eigenvalue weighted by atomic mass is 10.0. The summed E-state index contributed by atoms with van der Waals surface area (Å²) >= 11 is 0. The van der Waals surface area contributed by atoms with Crippen molar-refractivity contribution in [1.29, 1.82) is 0 Å². The van der Waals surface area contributed by atoms with Crippen LogP contribution in [0.4, 0.5) is 5.69 Å². The van der Waals surface area contributed by atoms with Crippen LogP contribution >= 0.6 is 0 Å². The lowest BCUT2D eigenvalue weighted by Gasteiger charge is -2.21. The minimum atomic E-state index is 0.0300. The summed E-state index contributed by atoms with van der Waals surface area (Å²) in [6.07, 6.45) is 0. The predicted molar refractivity (Wildman–Crippen MR) is 115 cm³/mol. The fourth-order valence-corrected chi connectivity index (χ4v) is 3.00. The van der Waals surface area contributed by atoms with E-state index in [4.69, 9.17) is 4.74 Å². The summed E-state index contributed by atoms with van der Waals surface area (Å²) in [7, 11) is 1.88. The highest BCUT2D eigenvalue weighted by atomic mass is 16.5.